The highest BCUT2D eigenvalue weighted by molar-refractivity contribution is 5.89. The molecule has 3 aromatic rings. The van der Waals surface area contributed by atoms with Crippen molar-refractivity contribution in [1.82, 2.24) is 30.3 Å². The maximum absolute atomic E-state index is 12.0. The molecule has 0 bridgehead atoms. The molecule has 0 saturated heterocycles. The standard InChI is InChI=1S/C22H31N7O3/c1-12(30)16-9-8-15-19(28-29(5)20(15)23-16)24-18-11-17(26-27-18)13-6-7-14(10-13)32-21(31)25-22(2,3)4/h8-9,11-14,30H,6-7,10H2,1-5H3,(H,25,31)(H2,24,26,27,28)/t12?,13-,14+/m1/s1. The van der Waals surface area contributed by atoms with E-state index < -0.39 is 6.10 Å². The summed E-state index contributed by atoms with van der Waals surface area (Å²) in [5.41, 5.74) is 1.97. The number of aryl methyl sites for hydroxylation is 1. The minimum atomic E-state index is -0.640. The third-order valence-corrected chi connectivity index (χ3v) is 5.56. The van der Waals surface area contributed by atoms with E-state index in [0.29, 0.717) is 23.0 Å². The fourth-order valence-electron chi connectivity index (χ4n) is 4.02. The van der Waals surface area contributed by atoms with E-state index in [2.05, 4.69) is 30.9 Å². The van der Waals surface area contributed by atoms with Gasteiger partial charge in [-0.2, -0.15) is 10.2 Å². The number of fused-ring (bicyclic) bond motifs is 1. The second-order valence-corrected chi connectivity index (χ2v) is 9.50. The number of amides is 1. The number of hydrogen-bond donors (Lipinski definition) is 4. The number of hydrogen-bond acceptors (Lipinski definition) is 7. The van der Waals surface area contributed by atoms with Crippen LogP contribution in [0.5, 0.6) is 0 Å². The van der Waals surface area contributed by atoms with Gasteiger partial charge in [-0.25, -0.2) is 14.5 Å². The Bertz CT molecular complexity index is 1110. The van der Waals surface area contributed by atoms with E-state index >= 15 is 0 Å². The minimum absolute atomic E-state index is 0.101. The summed E-state index contributed by atoms with van der Waals surface area (Å²) >= 11 is 0. The van der Waals surface area contributed by atoms with Crippen LogP contribution in [-0.4, -0.2) is 47.8 Å². The van der Waals surface area contributed by atoms with Crippen LogP contribution in [-0.2, 0) is 11.8 Å². The van der Waals surface area contributed by atoms with Crippen molar-refractivity contribution in [2.75, 3.05) is 5.32 Å². The van der Waals surface area contributed by atoms with Gasteiger partial charge in [0.15, 0.2) is 17.3 Å². The molecule has 172 valence electrons. The topological polar surface area (TPSA) is 130 Å². The normalized spacial score (nSPS) is 19.8. The number of nitrogens with one attached hydrogen (secondary N) is 3. The Kier molecular flexibility index (Phi) is 5.81. The molecule has 3 atom stereocenters. The average molecular weight is 442 g/mol. The Hall–Kier alpha value is -3.14. The second kappa shape index (κ2) is 8.42. The van der Waals surface area contributed by atoms with Gasteiger partial charge in [0, 0.05) is 30.3 Å². The molecule has 10 heteroatoms. The van der Waals surface area contributed by atoms with E-state index in [1.807, 2.05) is 40.0 Å². The number of ether oxygens (including phenoxy) is 1. The predicted molar refractivity (Wildman–Crippen MR) is 121 cm³/mol. The van der Waals surface area contributed by atoms with Crippen molar-refractivity contribution < 1.29 is 14.6 Å². The minimum Gasteiger partial charge on any atom is -0.446 e. The molecule has 1 aliphatic carbocycles. The molecule has 0 aromatic carbocycles. The Morgan fingerprint density at radius 2 is 2.12 bits per heavy atom. The third-order valence-electron chi connectivity index (χ3n) is 5.56. The number of aliphatic hydroxyl groups is 1. The van der Waals surface area contributed by atoms with Gasteiger partial charge >= 0.3 is 6.09 Å². The molecule has 10 nitrogen and oxygen atoms in total. The van der Waals surface area contributed by atoms with Crippen LogP contribution < -0.4 is 10.6 Å². The molecule has 0 spiro atoms. The highest BCUT2D eigenvalue weighted by Crippen LogP contribution is 2.36. The van der Waals surface area contributed by atoms with Crippen molar-refractivity contribution in [3.05, 3.63) is 29.6 Å². The van der Waals surface area contributed by atoms with E-state index in [-0.39, 0.29) is 23.7 Å². The number of rotatable bonds is 5. The molecule has 1 aliphatic rings. The Balaban J connectivity index is 1.41. The predicted octanol–water partition coefficient (Wildman–Crippen LogP) is 3.65. The van der Waals surface area contributed by atoms with Crippen LogP contribution in [0.15, 0.2) is 18.2 Å². The summed E-state index contributed by atoms with van der Waals surface area (Å²) in [6, 6.07) is 5.67. The molecular weight excluding hydrogens is 410 g/mol. The van der Waals surface area contributed by atoms with Gasteiger partial charge < -0.3 is 20.5 Å². The lowest BCUT2D eigenvalue weighted by molar-refractivity contribution is 0.0936. The zero-order chi connectivity index (χ0) is 23.0. The lowest BCUT2D eigenvalue weighted by Gasteiger charge is -2.22. The van der Waals surface area contributed by atoms with Crippen LogP contribution in [0, 0.1) is 0 Å². The number of aliphatic hydroxyl groups excluding tert-OH is 1. The number of nitrogens with zero attached hydrogens (tertiary/aromatic N) is 4. The molecule has 0 radical (unpaired) electrons. The first-order valence-electron chi connectivity index (χ1n) is 10.9. The quantitative estimate of drug-likeness (QED) is 0.475. The van der Waals surface area contributed by atoms with Crippen molar-refractivity contribution in [2.24, 2.45) is 7.05 Å². The molecule has 3 heterocycles. The summed E-state index contributed by atoms with van der Waals surface area (Å²) in [4.78, 5) is 16.5. The van der Waals surface area contributed by atoms with Crippen molar-refractivity contribution in [3.8, 4) is 0 Å². The summed E-state index contributed by atoms with van der Waals surface area (Å²) in [5.74, 6) is 1.56. The van der Waals surface area contributed by atoms with Gasteiger partial charge in [0.25, 0.3) is 0 Å². The third kappa shape index (κ3) is 4.85. The van der Waals surface area contributed by atoms with E-state index in [1.165, 1.54) is 0 Å². The van der Waals surface area contributed by atoms with Crippen molar-refractivity contribution >= 4 is 28.8 Å². The summed E-state index contributed by atoms with van der Waals surface area (Å²) in [6.07, 6.45) is 1.40. The Morgan fingerprint density at radius 1 is 1.34 bits per heavy atom. The molecule has 1 fully saturated rings. The van der Waals surface area contributed by atoms with Gasteiger partial charge in [0.1, 0.15) is 6.10 Å². The number of aromatic nitrogens is 5. The van der Waals surface area contributed by atoms with Crippen LogP contribution in [0.25, 0.3) is 11.0 Å². The summed E-state index contributed by atoms with van der Waals surface area (Å²) in [7, 11) is 1.82. The first-order valence-corrected chi connectivity index (χ1v) is 10.9. The molecule has 3 aromatic heterocycles. The van der Waals surface area contributed by atoms with Gasteiger partial charge in [-0.15, -0.1) is 0 Å². The van der Waals surface area contributed by atoms with Crippen LogP contribution in [0.4, 0.5) is 16.4 Å². The molecule has 1 amide bonds. The van der Waals surface area contributed by atoms with Gasteiger partial charge in [-0.3, -0.25) is 5.10 Å². The zero-order valence-corrected chi connectivity index (χ0v) is 19.1. The van der Waals surface area contributed by atoms with Gasteiger partial charge in [0.05, 0.1) is 17.2 Å². The zero-order valence-electron chi connectivity index (χ0n) is 19.1. The molecule has 1 unspecified atom stereocenters. The number of pyridine rings is 1. The number of carbonyl (C=O) groups excluding carboxylic acids is 1. The number of anilines is 2. The van der Waals surface area contributed by atoms with Crippen LogP contribution in [0.2, 0.25) is 0 Å². The Labute approximate surface area is 186 Å². The van der Waals surface area contributed by atoms with Crippen LogP contribution in [0.1, 0.15) is 70.4 Å². The van der Waals surface area contributed by atoms with E-state index in [4.69, 9.17) is 4.74 Å². The smallest absolute Gasteiger partial charge is 0.407 e. The van der Waals surface area contributed by atoms with Gasteiger partial charge in [0.2, 0.25) is 0 Å². The van der Waals surface area contributed by atoms with Crippen LogP contribution >= 0.6 is 0 Å². The average Bonchev–Trinajstić information content (AvgIpc) is 3.40. The van der Waals surface area contributed by atoms with Crippen molar-refractivity contribution in [3.63, 3.8) is 0 Å². The lowest BCUT2D eigenvalue weighted by Crippen LogP contribution is -2.42. The Morgan fingerprint density at radius 3 is 2.84 bits per heavy atom. The lowest BCUT2D eigenvalue weighted by atomic mass is 10.0. The van der Waals surface area contributed by atoms with Crippen molar-refractivity contribution in [2.45, 2.75) is 70.6 Å². The number of H-pyrrole nitrogens is 1. The molecule has 0 aliphatic heterocycles. The maximum atomic E-state index is 12.0. The first kappa shape index (κ1) is 22.1. The number of alkyl carbamates (subject to hydrolysis) is 1. The summed E-state index contributed by atoms with van der Waals surface area (Å²) < 4.78 is 7.26. The van der Waals surface area contributed by atoms with Crippen LogP contribution in [0.3, 0.4) is 0 Å². The largest absolute Gasteiger partial charge is 0.446 e. The van der Waals surface area contributed by atoms with Crippen molar-refractivity contribution in [1.29, 1.82) is 0 Å². The summed E-state index contributed by atoms with van der Waals surface area (Å²) in [6.45, 7) is 7.47. The summed E-state index contributed by atoms with van der Waals surface area (Å²) in [5, 5.41) is 28.7. The fraction of sp³-hybridized carbons (Fsp3) is 0.545. The monoisotopic (exact) mass is 441 g/mol. The molecule has 1 saturated carbocycles. The molecule has 4 N–H and O–H groups in total. The first-order chi connectivity index (χ1) is 15.1. The highest BCUT2D eigenvalue weighted by atomic mass is 16.6. The van der Waals surface area contributed by atoms with Gasteiger partial charge in [-0.05, 0) is 59.1 Å². The number of aromatic amines is 1. The maximum Gasteiger partial charge on any atom is 0.407 e. The van der Waals surface area contributed by atoms with E-state index in [1.54, 1.807) is 17.7 Å². The highest BCUT2D eigenvalue weighted by Gasteiger charge is 2.30. The molecule has 4 rings (SSSR count). The molecular formula is C22H31N7O3. The second-order valence-electron chi connectivity index (χ2n) is 9.50. The fourth-order valence-corrected chi connectivity index (χ4v) is 4.02. The molecule has 32 heavy (non-hydrogen) atoms. The SMILES string of the molecule is CC(O)c1ccc2c(Nc3cc([C@@H]4CC[C@H](OC(=O)NC(C)(C)C)C4)[nH]n3)nn(C)c2n1. The van der Waals surface area contributed by atoms with Gasteiger partial charge in [-0.1, -0.05) is 0 Å². The van der Waals surface area contributed by atoms with E-state index in [9.17, 15) is 9.90 Å². The van der Waals surface area contributed by atoms with E-state index in [0.717, 1.165) is 30.3 Å². The number of carbonyl (C=O) groups is 1.